The molecule has 4 heteroatoms. The van der Waals surface area contributed by atoms with E-state index in [0.29, 0.717) is 16.3 Å². The Balaban J connectivity index is 2.15. The van der Waals surface area contributed by atoms with E-state index in [4.69, 9.17) is 17.3 Å². The van der Waals surface area contributed by atoms with Gasteiger partial charge in [0.15, 0.2) is 0 Å². The van der Waals surface area contributed by atoms with Gasteiger partial charge in [-0.05, 0) is 43.2 Å². The zero-order valence-corrected chi connectivity index (χ0v) is 12.2. The Morgan fingerprint density at radius 1 is 1.25 bits per heavy atom. The fourth-order valence-electron chi connectivity index (χ4n) is 1.97. The van der Waals surface area contributed by atoms with E-state index < -0.39 is 0 Å². The van der Waals surface area contributed by atoms with E-state index in [-0.39, 0.29) is 11.9 Å². The van der Waals surface area contributed by atoms with Crippen molar-refractivity contribution in [2.24, 2.45) is 0 Å². The van der Waals surface area contributed by atoms with Crippen molar-refractivity contribution >= 4 is 23.2 Å². The van der Waals surface area contributed by atoms with Crippen molar-refractivity contribution in [3.8, 4) is 0 Å². The highest BCUT2D eigenvalue weighted by Crippen LogP contribution is 2.22. The first-order valence-corrected chi connectivity index (χ1v) is 6.78. The second-order valence-corrected chi connectivity index (χ2v) is 5.20. The molecule has 0 bridgehead atoms. The average Bonchev–Trinajstić information content (AvgIpc) is 2.42. The lowest BCUT2D eigenvalue weighted by Gasteiger charge is -2.16. The number of hydrogen-bond acceptors (Lipinski definition) is 2. The predicted octanol–water partition coefficient (Wildman–Crippen LogP) is 3.72. The lowest BCUT2D eigenvalue weighted by Crippen LogP contribution is -2.26. The molecular formula is C16H17ClN2O. The Hall–Kier alpha value is -2.00. The quantitative estimate of drug-likeness (QED) is 0.846. The SMILES string of the molecule is Cc1ccc(C(=O)N[C@H](C)c2ccccc2Cl)cc1N. The van der Waals surface area contributed by atoms with Gasteiger partial charge in [-0.25, -0.2) is 0 Å². The minimum atomic E-state index is -0.168. The molecule has 1 atom stereocenters. The molecule has 0 aromatic heterocycles. The molecule has 0 unspecified atom stereocenters. The molecule has 20 heavy (non-hydrogen) atoms. The summed E-state index contributed by atoms with van der Waals surface area (Å²) in [5, 5.41) is 3.56. The van der Waals surface area contributed by atoms with Crippen molar-refractivity contribution in [1.29, 1.82) is 0 Å². The zero-order chi connectivity index (χ0) is 14.7. The van der Waals surface area contributed by atoms with Crippen LogP contribution < -0.4 is 11.1 Å². The van der Waals surface area contributed by atoms with E-state index >= 15 is 0 Å². The maximum atomic E-state index is 12.2. The molecule has 0 aliphatic rings. The third-order valence-electron chi connectivity index (χ3n) is 3.26. The van der Waals surface area contributed by atoms with Gasteiger partial charge in [-0.15, -0.1) is 0 Å². The Bertz CT molecular complexity index is 640. The van der Waals surface area contributed by atoms with E-state index in [1.807, 2.05) is 44.2 Å². The predicted molar refractivity (Wildman–Crippen MR) is 82.9 cm³/mol. The van der Waals surface area contributed by atoms with Crippen LogP contribution in [0.5, 0.6) is 0 Å². The molecule has 2 rings (SSSR count). The number of benzene rings is 2. The summed E-state index contributed by atoms with van der Waals surface area (Å²) in [7, 11) is 0. The normalized spacial score (nSPS) is 11.9. The van der Waals surface area contributed by atoms with E-state index in [9.17, 15) is 4.79 Å². The van der Waals surface area contributed by atoms with E-state index in [1.54, 1.807) is 12.1 Å². The summed E-state index contributed by atoms with van der Waals surface area (Å²) in [5.74, 6) is -0.163. The van der Waals surface area contributed by atoms with Gasteiger partial charge < -0.3 is 11.1 Å². The highest BCUT2D eigenvalue weighted by molar-refractivity contribution is 6.31. The fourth-order valence-corrected chi connectivity index (χ4v) is 2.27. The largest absolute Gasteiger partial charge is 0.398 e. The van der Waals surface area contributed by atoms with Gasteiger partial charge >= 0.3 is 0 Å². The molecule has 1 amide bonds. The molecule has 0 aliphatic carbocycles. The van der Waals surface area contributed by atoms with Gasteiger partial charge in [-0.1, -0.05) is 35.9 Å². The smallest absolute Gasteiger partial charge is 0.251 e. The van der Waals surface area contributed by atoms with Crippen LogP contribution in [0, 0.1) is 6.92 Å². The molecule has 0 aliphatic heterocycles. The van der Waals surface area contributed by atoms with Crippen molar-refractivity contribution in [2.75, 3.05) is 5.73 Å². The van der Waals surface area contributed by atoms with E-state index in [1.165, 1.54) is 0 Å². The summed E-state index contributed by atoms with van der Waals surface area (Å²) in [6.07, 6.45) is 0. The molecular weight excluding hydrogens is 272 g/mol. The van der Waals surface area contributed by atoms with E-state index in [2.05, 4.69) is 5.32 Å². The molecule has 3 N–H and O–H groups in total. The first-order valence-electron chi connectivity index (χ1n) is 6.40. The van der Waals surface area contributed by atoms with Gasteiger partial charge in [0, 0.05) is 16.3 Å². The second-order valence-electron chi connectivity index (χ2n) is 4.79. The maximum Gasteiger partial charge on any atom is 0.251 e. The molecule has 0 heterocycles. The van der Waals surface area contributed by atoms with Gasteiger partial charge in [0.05, 0.1) is 6.04 Å². The van der Waals surface area contributed by atoms with Crippen molar-refractivity contribution in [1.82, 2.24) is 5.32 Å². The van der Waals surface area contributed by atoms with Crippen LogP contribution in [0.4, 0.5) is 5.69 Å². The standard InChI is InChI=1S/C16H17ClN2O/c1-10-7-8-12(9-15(10)18)16(20)19-11(2)13-5-3-4-6-14(13)17/h3-9,11H,18H2,1-2H3,(H,19,20)/t11-/m1/s1. The molecule has 0 radical (unpaired) electrons. The molecule has 3 nitrogen and oxygen atoms in total. The number of amides is 1. The summed E-state index contributed by atoms with van der Waals surface area (Å²) >= 11 is 6.12. The Morgan fingerprint density at radius 3 is 2.60 bits per heavy atom. The summed E-state index contributed by atoms with van der Waals surface area (Å²) < 4.78 is 0. The average molecular weight is 289 g/mol. The summed E-state index contributed by atoms with van der Waals surface area (Å²) in [5.41, 5.74) is 8.84. The topological polar surface area (TPSA) is 55.1 Å². The number of nitrogen functional groups attached to an aromatic ring is 1. The van der Waals surface area contributed by atoms with Gasteiger partial charge in [0.2, 0.25) is 0 Å². The summed E-state index contributed by atoms with van der Waals surface area (Å²) in [6, 6.07) is 12.6. The Morgan fingerprint density at radius 2 is 1.95 bits per heavy atom. The van der Waals surface area contributed by atoms with Crippen molar-refractivity contribution in [2.45, 2.75) is 19.9 Å². The minimum Gasteiger partial charge on any atom is -0.398 e. The van der Waals surface area contributed by atoms with Gasteiger partial charge in [-0.2, -0.15) is 0 Å². The molecule has 2 aromatic rings. The first-order chi connectivity index (χ1) is 9.49. The van der Waals surface area contributed by atoms with Crippen LogP contribution in [-0.4, -0.2) is 5.91 Å². The van der Waals surface area contributed by atoms with Crippen LogP contribution in [-0.2, 0) is 0 Å². The Labute approximate surface area is 123 Å². The van der Waals surface area contributed by atoms with Crippen LogP contribution in [0.3, 0.4) is 0 Å². The number of hydrogen-bond donors (Lipinski definition) is 2. The van der Waals surface area contributed by atoms with Crippen LogP contribution in [0.1, 0.15) is 34.5 Å². The minimum absolute atomic E-state index is 0.163. The van der Waals surface area contributed by atoms with Crippen LogP contribution in [0.2, 0.25) is 5.02 Å². The summed E-state index contributed by atoms with van der Waals surface area (Å²) in [4.78, 5) is 12.2. The van der Waals surface area contributed by atoms with Crippen molar-refractivity contribution in [3.63, 3.8) is 0 Å². The number of nitrogens with two attached hydrogens (primary N) is 1. The number of halogens is 1. The Kier molecular flexibility index (Phi) is 4.30. The molecule has 104 valence electrons. The van der Waals surface area contributed by atoms with Crippen LogP contribution in [0.15, 0.2) is 42.5 Å². The number of anilines is 1. The van der Waals surface area contributed by atoms with Crippen LogP contribution in [0.25, 0.3) is 0 Å². The lowest BCUT2D eigenvalue weighted by molar-refractivity contribution is 0.0940. The van der Waals surface area contributed by atoms with Gasteiger partial charge in [0.1, 0.15) is 0 Å². The first kappa shape index (κ1) is 14.4. The number of nitrogens with one attached hydrogen (secondary N) is 1. The number of rotatable bonds is 3. The fraction of sp³-hybridized carbons (Fsp3) is 0.188. The zero-order valence-electron chi connectivity index (χ0n) is 11.5. The highest BCUT2D eigenvalue weighted by atomic mass is 35.5. The third kappa shape index (κ3) is 3.11. The maximum absolute atomic E-state index is 12.2. The highest BCUT2D eigenvalue weighted by Gasteiger charge is 2.14. The molecule has 2 aromatic carbocycles. The molecule has 0 saturated heterocycles. The van der Waals surface area contributed by atoms with Gasteiger partial charge in [-0.3, -0.25) is 4.79 Å². The molecule has 0 saturated carbocycles. The van der Waals surface area contributed by atoms with Crippen molar-refractivity contribution < 1.29 is 4.79 Å². The van der Waals surface area contributed by atoms with Crippen molar-refractivity contribution in [3.05, 3.63) is 64.2 Å². The number of aryl methyl sites for hydroxylation is 1. The monoisotopic (exact) mass is 288 g/mol. The van der Waals surface area contributed by atoms with Gasteiger partial charge in [0.25, 0.3) is 5.91 Å². The number of carbonyl (C=O) groups excluding carboxylic acids is 1. The molecule has 0 fully saturated rings. The number of carbonyl (C=O) groups is 1. The second kappa shape index (κ2) is 5.97. The lowest BCUT2D eigenvalue weighted by atomic mass is 10.1. The summed E-state index contributed by atoms with van der Waals surface area (Å²) in [6.45, 7) is 3.81. The third-order valence-corrected chi connectivity index (χ3v) is 3.60. The van der Waals surface area contributed by atoms with Crippen LogP contribution >= 0.6 is 11.6 Å². The molecule has 0 spiro atoms. The van der Waals surface area contributed by atoms with E-state index in [0.717, 1.165) is 11.1 Å².